The monoisotopic (exact) mass is 340 g/mol. The Morgan fingerprint density at radius 2 is 2.13 bits per heavy atom. The molecule has 2 unspecified atom stereocenters. The number of carbonyl (C=O) groups is 1. The quantitative estimate of drug-likeness (QED) is 0.378. The van der Waals surface area contributed by atoms with E-state index in [9.17, 15) is 13.2 Å². The van der Waals surface area contributed by atoms with Gasteiger partial charge in [0.15, 0.2) is 0 Å². The molecule has 1 amide bonds. The van der Waals surface area contributed by atoms with Crippen LogP contribution in [0.15, 0.2) is 35.4 Å². The Kier molecular flexibility index (Phi) is 5.43. The number of rotatable bonds is 5. The third-order valence-corrected chi connectivity index (χ3v) is 4.67. The van der Waals surface area contributed by atoms with Crippen molar-refractivity contribution >= 4 is 16.2 Å². The molecule has 0 aromatic heterocycles. The number of benzene rings is 1. The summed E-state index contributed by atoms with van der Waals surface area (Å²) in [6.45, 7) is 0.0310. The normalized spacial score (nSPS) is 21.5. The van der Waals surface area contributed by atoms with E-state index in [1.54, 1.807) is 30.3 Å². The van der Waals surface area contributed by atoms with E-state index in [0.717, 1.165) is 4.90 Å². The highest BCUT2D eigenvalue weighted by atomic mass is 32.2. The van der Waals surface area contributed by atoms with Crippen molar-refractivity contribution in [2.45, 2.75) is 24.3 Å². The predicted octanol–water partition coefficient (Wildman–Crippen LogP) is 1.96. The van der Waals surface area contributed by atoms with Gasteiger partial charge in [0.1, 0.15) is 5.75 Å². The van der Waals surface area contributed by atoms with Crippen LogP contribution in [0.3, 0.4) is 0 Å². The van der Waals surface area contributed by atoms with E-state index in [1.165, 1.54) is 0 Å². The summed E-state index contributed by atoms with van der Waals surface area (Å²) in [4.78, 5) is 14.7. The van der Waals surface area contributed by atoms with Crippen molar-refractivity contribution in [3.05, 3.63) is 46.3 Å². The molecule has 2 atom stereocenters. The summed E-state index contributed by atoms with van der Waals surface area (Å²) >= 11 is 0. The van der Waals surface area contributed by atoms with Gasteiger partial charge in [0.2, 0.25) is 0 Å². The van der Waals surface area contributed by atoms with Crippen LogP contribution < -0.4 is 0 Å². The van der Waals surface area contributed by atoms with Gasteiger partial charge in [-0.05, 0) is 17.5 Å². The molecule has 1 fully saturated rings. The smallest absolute Gasteiger partial charge is 0.407 e. The van der Waals surface area contributed by atoms with Crippen LogP contribution in [0, 0.1) is 0 Å². The molecule has 1 aliphatic rings. The fourth-order valence-electron chi connectivity index (χ4n) is 2.37. The van der Waals surface area contributed by atoms with Gasteiger partial charge in [-0.25, -0.2) is 4.79 Å². The Hall–Kier alpha value is -2.29. The third kappa shape index (κ3) is 4.85. The van der Waals surface area contributed by atoms with E-state index >= 15 is 0 Å². The van der Waals surface area contributed by atoms with E-state index in [2.05, 4.69) is 10.0 Å². The van der Waals surface area contributed by atoms with E-state index in [-0.39, 0.29) is 25.3 Å². The molecular formula is C13H16N4O5S. The summed E-state index contributed by atoms with van der Waals surface area (Å²) in [5.41, 5.74) is 9.16. The van der Waals surface area contributed by atoms with Crippen molar-refractivity contribution in [3.63, 3.8) is 0 Å². The highest BCUT2D eigenvalue weighted by Crippen LogP contribution is 2.21. The third-order valence-electron chi connectivity index (χ3n) is 3.45. The van der Waals surface area contributed by atoms with E-state index in [1.807, 2.05) is 0 Å². The summed E-state index contributed by atoms with van der Waals surface area (Å²) in [5, 5.41) is 12.4. The van der Waals surface area contributed by atoms with Crippen LogP contribution >= 0.6 is 0 Å². The summed E-state index contributed by atoms with van der Waals surface area (Å²) in [6.07, 6.45) is -1.87. The van der Waals surface area contributed by atoms with Crippen LogP contribution in [0.2, 0.25) is 0 Å². The van der Waals surface area contributed by atoms with Crippen molar-refractivity contribution in [1.29, 1.82) is 0 Å². The first kappa shape index (κ1) is 17.1. The van der Waals surface area contributed by atoms with Gasteiger partial charge in [0.05, 0.1) is 12.1 Å². The molecule has 0 radical (unpaired) electrons. The maximum absolute atomic E-state index is 12.1. The second-order valence-corrected chi connectivity index (χ2v) is 6.71. The van der Waals surface area contributed by atoms with Crippen LogP contribution in [-0.2, 0) is 20.1 Å². The van der Waals surface area contributed by atoms with Crippen molar-refractivity contribution in [3.8, 4) is 0 Å². The lowest BCUT2D eigenvalue weighted by molar-refractivity contribution is 0.0780. The second kappa shape index (κ2) is 7.32. The Morgan fingerprint density at radius 1 is 1.43 bits per heavy atom. The fraction of sp³-hybridized carbons (Fsp3) is 0.462. The van der Waals surface area contributed by atoms with E-state index in [0.29, 0.717) is 5.56 Å². The Bertz CT molecular complexity index is 702. The van der Waals surface area contributed by atoms with Gasteiger partial charge in [0.25, 0.3) is 10.1 Å². The molecule has 9 nitrogen and oxygen atoms in total. The first-order chi connectivity index (χ1) is 10.9. The Morgan fingerprint density at radius 3 is 2.74 bits per heavy atom. The lowest BCUT2D eigenvalue weighted by Gasteiger charge is -2.34. The first-order valence-electron chi connectivity index (χ1n) is 6.88. The molecule has 10 heteroatoms. The molecule has 0 aliphatic carbocycles. The number of hydrogen-bond acceptors (Lipinski definition) is 5. The van der Waals surface area contributed by atoms with Crippen LogP contribution in [0.4, 0.5) is 4.79 Å². The lowest BCUT2D eigenvalue weighted by atomic mass is 10.0. The number of azide groups is 1. The number of likely N-dealkylation sites (tertiary alicyclic amines) is 1. The molecule has 1 N–H and O–H groups in total. The SMILES string of the molecule is [N-]=[N+]=NC1CN(C(=O)O)CCC1OS(=O)(=O)Cc1ccccc1. The van der Waals surface area contributed by atoms with Crippen LogP contribution in [0.25, 0.3) is 10.4 Å². The zero-order valence-corrected chi connectivity index (χ0v) is 13.0. The summed E-state index contributed by atoms with van der Waals surface area (Å²) in [7, 11) is -3.87. The molecule has 124 valence electrons. The molecule has 0 spiro atoms. The molecule has 0 bridgehead atoms. The number of nitrogens with zero attached hydrogens (tertiary/aromatic N) is 4. The first-order valence-corrected chi connectivity index (χ1v) is 8.46. The largest absolute Gasteiger partial charge is 0.465 e. The maximum atomic E-state index is 12.1. The highest BCUT2D eigenvalue weighted by molar-refractivity contribution is 7.85. The van der Waals surface area contributed by atoms with Crippen LogP contribution in [-0.4, -0.2) is 49.8 Å². The molecule has 2 rings (SSSR count). The minimum Gasteiger partial charge on any atom is -0.465 e. The van der Waals surface area contributed by atoms with Gasteiger partial charge in [-0.15, -0.1) is 0 Å². The molecule has 1 aromatic rings. The van der Waals surface area contributed by atoms with Gasteiger partial charge in [-0.1, -0.05) is 35.4 Å². The number of amides is 1. The van der Waals surface area contributed by atoms with E-state index < -0.39 is 28.4 Å². The van der Waals surface area contributed by atoms with Gasteiger partial charge in [-0.2, -0.15) is 8.42 Å². The average molecular weight is 340 g/mol. The molecule has 23 heavy (non-hydrogen) atoms. The minimum absolute atomic E-state index is 0.0923. The van der Waals surface area contributed by atoms with Gasteiger partial charge >= 0.3 is 6.09 Å². The number of piperidine rings is 1. The Balaban J connectivity index is 2.07. The zero-order chi connectivity index (χ0) is 16.9. The van der Waals surface area contributed by atoms with Gasteiger partial charge in [-0.3, -0.25) is 4.18 Å². The summed E-state index contributed by atoms with van der Waals surface area (Å²) in [6, 6.07) is 7.67. The molecule has 1 aromatic carbocycles. The van der Waals surface area contributed by atoms with Crippen molar-refractivity contribution < 1.29 is 22.5 Å². The topological polar surface area (TPSA) is 133 Å². The summed E-state index contributed by atoms with van der Waals surface area (Å²) < 4.78 is 29.5. The van der Waals surface area contributed by atoms with Crippen LogP contribution in [0.5, 0.6) is 0 Å². The standard InChI is InChI=1S/C13H16N4O5S/c14-16-15-11-8-17(13(18)19)7-6-12(11)22-23(20,21)9-10-4-2-1-3-5-10/h1-5,11-12H,6-9H2,(H,18,19). The highest BCUT2D eigenvalue weighted by Gasteiger charge is 2.34. The predicted molar refractivity (Wildman–Crippen MR) is 81.1 cm³/mol. The van der Waals surface area contributed by atoms with Gasteiger partial charge in [0, 0.05) is 18.0 Å². The molecule has 1 saturated heterocycles. The zero-order valence-electron chi connectivity index (χ0n) is 12.1. The van der Waals surface area contributed by atoms with E-state index in [4.69, 9.17) is 14.8 Å². The van der Waals surface area contributed by atoms with Crippen molar-refractivity contribution in [2.75, 3.05) is 13.1 Å². The van der Waals surface area contributed by atoms with Gasteiger partial charge < -0.3 is 10.0 Å². The Labute approximate surface area is 133 Å². The number of hydrogen-bond donors (Lipinski definition) is 1. The molecular weight excluding hydrogens is 324 g/mol. The summed E-state index contributed by atoms with van der Waals surface area (Å²) in [5.74, 6) is -0.296. The van der Waals surface area contributed by atoms with Crippen LogP contribution in [0.1, 0.15) is 12.0 Å². The molecule has 1 aliphatic heterocycles. The minimum atomic E-state index is -3.87. The second-order valence-electron chi connectivity index (χ2n) is 5.11. The number of carboxylic acid groups (broad SMARTS) is 1. The molecule has 1 heterocycles. The fourth-order valence-corrected chi connectivity index (χ4v) is 3.64. The lowest BCUT2D eigenvalue weighted by Crippen LogP contribution is -2.49. The average Bonchev–Trinajstić information content (AvgIpc) is 2.49. The maximum Gasteiger partial charge on any atom is 0.407 e. The van der Waals surface area contributed by atoms with Crippen molar-refractivity contribution in [2.24, 2.45) is 5.11 Å². The van der Waals surface area contributed by atoms with Crippen molar-refractivity contribution in [1.82, 2.24) is 4.90 Å². The molecule has 0 saturated carbocycles.